The molecule has 0 fully saturated rings. The Morgan fingerprint density at radius 1 is 1.03 bits per heavy atom. The molecule has 2 aromatic carbocycles. The summed E-state index contributed by atoms with van der Waals surface area (Å²) < 4.78 is 23.7. The topological polar surface area (TPSA) is 101 Å². The van der Waals surface area contributed by atoms with E-state index in [0.29, 0.717) is 15.2 Å². The molecule has 164 valence electrons. The van der Waals surface area contributed by atoms with E-state index in [0.717, 1.165) is 24.8 Å². The average molecular weight is 477 g/mol. The molecule has 0 saturated carbocycles. The molecule has 10 heteroatoms. The highest BCUT2D eigenvalue weighted by Crippen LogP contribution is 2.31. The number of hydrogen-bond donors (Lipinski definition) is 2. The summed E-state index contributed by atoms with van der Waals surface area (Å²) >= 11 is 2.71. The molecule has 0 atom stereocenters. The first-order valence-electron chi connectivity index (χ1n) is 9.74. The van der Waals surface area contributed by atoms with Crippen molar-refractivity contribution in [3.8, 4) is 0 Å². The minimum Gasteiger partial charge on any atom is -0.330 e. The highest BCUT2D eigenvalue weighted by Gasteiger charge is 2.12. The molecule has 0 aliphatic carbocycles. The van der Waals surface area contributed by atoms with E-state index in [-0.39, 0.29) is 16.6 Å². The molecule has 1 amide bonds. The van der Waals surface area contributed by atoms with Crippen LogP contribution in [0, 0.1) is 0 Å². The van der Waals surface area contributed by atoms with E-state index in [1.807, 2.05) is 0 Å². The zero-order valence-electron chi connectivity index (χ0n) is 17.5. The van der Waals surface area contributed by atoms with Gasteiger partial charge in [0.15, 0.2) is 14.2 Å². The van der Waals surface area contributed by atoms with Gasteiger partial charge in [0.25, 0.3) is 0 Å². The number of aryl methyl sites for hydroxylation is 2. The highest BCUT2D eigenvalue weighted by molar-refractivity contribution is 8.01. The van der Waals surface area contributed by atoms with E-state index in [9.17, 15) is 13.2 Å². The van der Waals surface area contributed by atoms with E-state index in [1.54, 1.807) is 12.1 Å². The minimum atomic E-state index is -3.26. The lowest BCUT2D eigenvalue weighted by Gasteiger charge is -2.13. The van der Waals surface area contributed by atoms with Gasteiger partial charge in [0.2, 0.25) is 11.0 Å². The van der Waals surface area contributed by atoms with Crippen molar-refractivity contribution in [3.05, 3.63) is 53.6 Å². The maximum absolute atomic E-state index is 12.2. The molecule has 0 bridgehead atoms. The molecule has 31 heavy (non-hydrogen) atoms. The van der Waals surface area contributed by atoms with Crippen LogP contribution in [-0.2, 0) is 27.5 Å². The zero-order valence-corrected chi connectivity index (χ0v) is 20.0. The number of para-hydroxylation sites is 1. The van der Waals surface area contributed by atoms with Gasteiger partial charge in [-0.25, -0.2) is 8.42 Å². The molecule has 0 spiro atoms. The fourth-order valence-electron chi connectivity index (χ4n) is 2.94. The summed E-state index contributed by atoms with van der Waals surface area (Å²) in [6.45, 7) is 4.24. The number of nitrogens with zero attached hydrogens (tertiary/aromatic N) is 2. The van der Waals surface area contributed by atoms with Crippen molar-refractivity contribution >= 4 is 55.3 Å². The number of hydrogen-bond acceptors (Lipinski definition) is 8. The Morgan fingerprint density at radius 3 is 2.26 bits per heavy atom. The number of nitrogens with one attached hydrogen (secondary N) is 2. The summed E-state index contributed by atoms with van der Waals surface area (Å²) in [7, 11) is -3.26. The van der Waals surface area contributed by atoms with Crippen molar-refractivity contribution in [2.75, 3.05) is 22.6 Å². The second kappa shape index (κ2) is 10.3. The van der Waals surface area contributed by atoms with Crippen molar-refractivity contribution in [3.63, 3.8) is 0 Å². The molecule has 0 saturated heterocycles. The molecule has 3 aromatic rings. The number of thioether (sulfide) groups is 1. The van der Waals surface area contributed by atoms with E-state index in [4.69, 9.17) is 0 Å². The third-order valence-electron chi connectivity index (χ3n) is 4.53. The lowest BCUT2D eigenvalue weighted by Crippen LogP contribution is -2.14. The van der Waals surface area contributed by atoms with Crippen LogP contribution in [0.4, 0.5) is 16.5 Å². The summed E-state index contributed by atoms with van der Waals surface area (Å²) in [4.78, 5) is 12.4. The summed E-state index contributed by atoms with van der Waals surface area (Å²) in [6.07, 6.45) is 2.98. The number of rotatable bonds is 9. The number of amides is 1. The van der Waals surface area contributed by atoms with Crippen LogP contribution >= 0.6 is 23.1 Å². The van der Waals surface area contributed by atoms with E-state index in [2.05, 4.69) is 52.9 Å². The van der Waals surface area contributed by atoms with Crippen LogP contribution in [-0.4, -0.2) is 36.5 Å². The van der Waals surface area contributed by atoms with Gasteiger partial charge in [-0.05, 0) is 48.2 Å². The first kappa shape index (κ1) is 23.2. The van der Waals surface area contributed by atoms with Gasteiger partial charge in [-0.3, -0.25) is 4.79 Å². The van der Waals surface area contributed by atoms with Gasteiger partial charge in [-0.2, -0.15) is 0 Å². The number of anilines is 3. The first-order valence-corrected chi connectivity index (χ1v) is 13.4. The zero-order chi connectivity index (χ0) is 22.4. The Labute approximate surface area is 190 Å². The average Bonchev–Trinajstić information content (AvgIpc) is 3.19. The second-order valence-electron chi connectivity index (χ2n) is 6.79. The van der Waals surface area contributed by atoms with Gasteiger partial charge in [-0.1, -0.05) is 55.1 Å². The maximum Gasteiger partial charge on any atom is 0.234 e. The van der Waals surface area contributed by atoms with Crippen LogP contribution in [0.25, 0.3) is 0 Å². The van der Waals surface area contributed by atoms with Gasteiger partial charge in [0.05, 0.1) is 10.6 Å². The smallest absolute Gasteiger partial charge is 0.234 e. The largest absolute Gasteiger partial charge is 0.330 e. The van der Waals surface area contributed by atoms with Gasteiger partial charge in [-0.15, -0.1) is 10.2 Å². The number of benzene rings is 2. The molecule has 0 unspecified atom stereocenters. The molecule has 2 N–H and O–H groups in total. The molecule has 0 aliphatic heterocycles. The summed E-state index contributed by atoms with van der Waals surface area (Å²) in [5.74, 6) is -0.0276. The van der Waals surface area contributed by atoms with Crippen molar-refractivity contribution in [1.29, 1.82) is 0 Å². The van der Waals surface area contributed by atoms with Crippen LogP contribution < -0.4 is 10.6 Å². The molecule has 0 radical (unpaired) electrons. The van der Waals surface area contributed by atoms with Gasteiger partial charge < -0.3 is 10.6 Å². The predicted molar refractivity (Wildman–Crippen MR) is 127 cm³/mol. The lowest BCUT2D eigenvalue weighted by molar-refractivity contribution is -0.113. The van der Waals surface area contributed by atoms with Crippen LogP contribution in [0.5, 0.6) is 0 Å². The van der Waals surface area contributed by atoms with Crippen molar-refractivity contribution in [2.24, 2.45) is 0 Å². The van der Waals surface area contributed by atoms with Gasteiger partial charge in [0.1, 0.15) is 0 Å². The van der Waals surface area contributed by atoms with Crippen LogP contribution in [0.15, 0.2) is 51.7 Å². The molecule has 1 aromatic heterocycles. The van der Waals surface area contributed by atoms with Crippen LogP contribution in [0.3, 0.4) is 0 Å². The van der Waals surface area contributed by atoms with Crippen LogP contribution in [0.1, 0.15) is 25.0 Å². The predicted octanol–water partition coefficient (Wildman–Crippen LogP) is 4.54. The summed E-state index contributed by atoms with van der Waals surface area (Å²) in [5.41, 5.74) is 4.08. The third-order valence-corrected chi connectivity index (χ3v) is 7.63. The van der Waals surface area contributed by atoms with Crippen LogP contribution in [0.2, 0.25) is 0 Å². The van der Waals surface area contributed by atoms with E-state index < -0.39 is 9.84 Å². The van der Waals surface area contributed by atoms with E-state index >= 15 is 0 Å². The Morgan fingerprint density at radius 2 is 1.68 bits per heavy atom. The first-order chi connectivity index (χ1) is 14.8. The molecular formula is C21H24N4O3S3. The second-order valence-corrected chi connectivity index (χ2v) is 11.0. The highest BCUT2D eigenvalue weighted by atomic mass is 32.2. The number of aromatic nitrogens is 2. The molecule has 7 nitrogen and oxygen atoms in total. The Bertz CT molecular complexity index is 1140. The fraction of sp³-hybridized carbons (Fsp3) is 0.286. The molecule has 1 heterocycles. The number of sulfone groups is 1. The normalized spacial score (nSPS) is 11.3. The molecule has 3 rings (SSSR count). The Hall–Kier alpha value is -2.43. The molecule has 0 aliphatic rings. The molecular weight excluding hydrogens is 452 g/mol. The standard InChI is InChI=1S/C21H24N4O3S3/c1-4-14-7-6-8-15(5-2)19(14)23-20-24-25-21(30-20)29-13-18(26)22-16-9-11-17(12-10-16)31(3,27)28/h6-12H,4-5,13H2,1-3H3,(H,22,26)(H,23,24). The van der Waals surface area contributed by atoms with Crippen molar-refractivity contribution in [1.82, 2.24) is 10.2 Å². The third kappa shape index (κ3) is 6.28. The summed E-state index contributed by atoms with van der Waals surface area (Å²) in [6, 6.07) is 12.4. The Kier molecular flexibility index (Phi) is 7.69. The number of carbonyl (C=O) groups is 1. The SMILES string of the molecule is CCc1cccc(CC)c1Nc1nnc(SCC(=O)Nc2ccc(S(C)(=O)=O)cc2)s1. The number of carbonyl (C=O) groups excluding carboxylic acids is 1. The van der Waals surface area contributed by atoms with E-state index in [1.165, 1.54) is 46.4 Å². The maximum atomic E-state index is 12.2. The summed E-state index contributed by atoms with van der Waals surface area (Å²) in [5, 5.41) is 15.2. The monoisotopic (exact) mass is 476 g/mol. The minimum absolute atomic E-state index is 0.175. The lowest BCUT2D eigenvalue weighted by atomic mass is 10.0. The fourth-order valence-corrected chi connectivity index (χ4v) is 5.13. The van der Waals surface area contributed by atoms with Crippen molar-refractivity contribution in [2.45, 2.75) is 35.9 Å². The van der Waals surface area contributed by atoms with Gasteiger partial charge in [0, 0.05) is 17.6 Å². The Balaban J connectivity index is 1.58. The quantitative estimate of drug-likeness (QED) is 0.437. The van der Waals surface area contributed by atoms with Gasteiger partial charge >= 0.3 is 0 Å². The van der Waals surface area contributed by atoms with Crippen molar-refractivity contribution < 1.29 is 13.2 Å².